The lowest BCUT2D eigenvalue weighted by atomic mass is 9.89. The zero-order chi connectivity index (χ0) is 22.7. The number of hydrogen-bond donors (Lipinski definition) is 2. The van der Waals surface area contributed by atoms with Crippen molar-refractivity contribution in [2.75, 3.05) is 0 Å². The minimum absolute atomic E-state index is 0. The zero-order valence-electron chi connectivity index (χ0n) is 18.3. The van der Waals surface area contributed by atoms with Gasteiger partial charge in [-0.15, -0.1) is 12.4 Å². The molecule has 176 valence electrons. The number of non-ortho nitro benzene ring substituents is 1. The lowest BCUT2D eigenvalue weighted by Gasteiger charge is -2.35. The van der Waals surface area contributed by atoms with Crippen molar-refractivity contribution in [3.05, 3.63) is 82.4 Å². The summed E-state index contributed by atoms with van der Waals surface area (Å²) in [7, 11) is -3.78. The fourth-order valence-corrected chi connectivity index (χ4v) is 5.84. The van der Waals surface area contributed by atoms with E-state index in [1.807, 2.05) is 18.2 Å². The van der Waals surface area contributed by atoms with E-state index in [0.29, 0.717) is 0 Å². The third kappa shape index (κ3) is 5.70. The topological polar surface area (TPSA) is 101 Å². The van der Waals surface area contributed by atoms with Gasteiger partial charge in [-0.2, -0.15) is 0 Å². The molecule has 1 aliphatic rings. The van der Waals surface area contributed by atoms with Gasteiger partial charge in [0.1, 0.15) is 0 Å². The molecule has 0 heterocycles. The molecule has 0 aromatic heterocycles. The molecular weight excluding hydrogens is 462 g/mol. The Morgan fingerprint density at radius 3 is 2.27 bits per heavy atom. The van der Waals surface area contributed by atoms with Crippen LogP contribution in [0.4, 0.5) is 5.69 Å². The molecule has 3 aromatic carbocycles. The summed E-state index contributed by atoms with van der Waals surface area (Å²) < 4.78 is 28.7. The molecule has 0 saturated heterocycles. The predicted octanol–water partition coefficient (Wildman–Crippen LogP) is 5.11. The van der Waals surface area contributed by atoms with E-state index in [4.69, 9.17) is 0 Å². The van der Waals surface area contributed by atoms with Gasteiger partial charge in [0.2, 0.25) is 10.0 Å². The summed E-state index contributed by atoms with van der Waals surface area (Å²) in [6.07, 6.45) is 3.61. The van der Waals surface area contributed by atoms with Gasteiger partial charge in [0.05, 0.1) is 9.82 Å². The molecular formula is C24H28ClN3O4S. The molecule has 1 saturated carbocycles. The average Bonchev–Trinajstić information content (AvgIpc) is 2.80. The summed E-state index contributed by atoms with van der Waals surface area (Å²) in [4.78, 5) is 10.3. The normalized spacial score (nSPS) is 19.5. The molecule has 3 aromatic rings. The second-order valence-electron chi connectivity index (χ2n) is 8.33. The molecule has 0 amide bonds. The number of nitrogens with one attached hydrogen (secondary N) is 2. The van der Waals surface area contributed by atoms with Crippen molar-refractivity contribution in [3.8, 4) is 0 Å². The van der Waals surface area contributed by atoms with Crippen molar-refractivity contribution in [3.63, 3.8) is 0 Å². The summed E-state index contributed by atoms with van der Waals surface area (Å²) in [5.74, 6) is 0. The van der Waals surface area contributed by atoms with Crippen LogP contribution in [0.15, 0.2) is 71.6 Å². The lowest BCUT2D eigenvalue weighted by Crippen LogP contribution is -2.52. The van der Waals surface area contributed by atoms with Crippen LogP contribution in [0.2, 0.25) is 0 Å². The van der Waals surface area contributed by atoms with E-state index in [0.717, 1.165) is 25.7 Å². The van der Waals surface area contributed by atoms with Gasteiger partial charge in [-0.05, 0) is 48.2 Å². The maximum atomic E-state index is 12.9. The molecule has 9 heteroatoms. The van der Waals surface area contributed by atoms with Crippen molar-refractivity contribution in [2.24, 2.45) is 0 Å². The maximum Gasteiger partial charge on any atom is 0.269 e. The summed E-state index contributed by atoms with van der Waals surface area (Å²) >= 11 is 0. The number of nitrogens with zero attached hydrogens (tertiary/aromatic N) is 1. The minimum atomic E-state index is -3.78. The number of fused-ring (bicyclic) bond motifs is 1. The second-order valence-corrected chi connectivity index (χ2v) is 10.0. The predicted molar refractivity (Wildman–Crippen MR) is 132 cm³/mol. The Labute approximate surface area is 200 Å². The average molecular weight is 490 g/mol. The third-order valence-corrected chi connectivity index (χ3v) is 7.69. The Kier molecular flexibility index (Phi) is 8.07. The monoisotopic (exact) mass is 489 g/mol. The van der Waals surface area contributed by atoms with Crippen LogP contribution in [0.1, 0.15) is 44.2 Å². The number of rotatable bonds is 7. The van der Waals surface area contributed by atoms with Crippen LogP contribution in [0.5, 0.6) is 0 Å². The first-order chi connectivity index (χ1) is 15.3. The largest absolute Gasteiger partial charge is 0.306 e. The van der Waals surface area contributed by atoms with Gasteiger partial charge in [0.15, 0.2) is 0 Å². The first-order valence-electron chi connectivity index (χ1n) is 10.9. The summed E-state index contributed by atoms with van der Waals surface area (Å²) in [5.41, 5.74) is 1.05. The first-order valence-corrected chi connectivity index (χ1v) is 12.3. The Bertz CT molecular complexity index is 1210. The quantitative estimate of drug-likeness (QED) is 0.354. The highest BCUT2D eigenvalue weighted by molar-refractivity contribution is 7.89. The molecule has 1 aliphatic carbocycles. The van der Waals surface area contributed by atoms with Crippen molar-refractivity contribution in [2.45, 2.75) is 55.6 Å². The molecule has 33 heavy (non-hydrogen) atoms. The van der Waals surface area contributed by atoms with E-state index in [1.165, 1.54) is 40.6 Å². The molecule has 0 aliphatic heterocycles. The summed E-state index contributed by atoms with van der Waals surface area (Å²) in [5, 5.41) is 16.9. The van der Waals surface area contributed by atoms with Crippen LogP contribution < -0.4 is 10.0 Å². The summed E-state index contributed by atoms with van der Waals surface area (Å²) in [6, 6.07) is 19.3. The van der Waals surface area contributed by atoms with E-state index in [-0.39, 0.29) is 41.1 Å². The Morgan fingerprint density at radius 2 is 1.58 bits per heavy atom. The van der Waals surface area contributed by atoms with Gasteiger partial charge >= 0.3 is 0 Å². The number of halogens is 1. The van der Waals surface area contributed by atoms with E-state index >= 15 is 0 Å². The van der Waals surface area contributed by atoms with Crippen molar-refractivity contribution in [1.29, 1.82) is 0 Å². The highest BCUT2D eigenvalue weighted by Crippen LogP contribution is 2.28. The fraction of sp³-hybridized carbons (Fsp3) is 0.333. The molecule has 3 atom stereocenters. The van der Waals surface area contributed by atoms with Crippen LogP contribution in [-0.2, 0) is 10.0 Å². The van der Waals surface area contributed by atoms with Crippen LogP contribution in [-0.4, -0.2) is 25.4 Å². The fourth-order valence-electron chi connectivity index (χ4n) is 4.52. The van der Waals surface area contributed by atoms with Crippen LogP contribution in [0.25, 0.3) is 10.8 Å². The molecule has 0 spiro atoms. The number of hydrogen-bond acceptors (Lipinski definition) is 5. The lowest BCUT2D eigenvalue weighted by molar-refractivity contribution is -0.384. The zero-order valence-corrected chi connectivity index (χ0v) is 19.9. The molecule has 1 fully saturated rings. The third-order valence-electron chi connectivity index (χ3n) is 6.18. The van der Waals surface area contributed by atoms with Gasteiger partial charge in [-0.3, -0.25) is 10.1 Å². The molecule has 7 nitrogen and oxygen atoms in total. The Balaban J connectivity index is 0.00000306. The van der Waals surface area contributed by atoms with E-state index in [1.54, 1.807) is 0 Å². The van der Waals surface area contributed by atoms with E-state index in [2.05, 4.69) is 41.2 Å². The number of benzene rings is 3. The van der Waals surface area contributed by atoms with E-state index in [9.17, 15) is 18.5 Å². The number of nitro benzene ring substituents is 1. The van der Waals surface area contributed by atoms with E-state index < -0.39 is 14.9 Å². The van der Waals surface area contributed by atoms with Gasteiger partial charge in [0, 0.05) is 30.3 Å². The first kappa shape index (κ1) is 25.1. The Hall–Kier alpha value is -2.52. The van der Waals surface area contributed by atoms with Gasteiger partial charge in [-0.25, -0.2) is 13.1 Å². The SMILES string of the molecule is CC(N[C@H]1CCCCC1NS(=O)(=O)c1ccc([N+](=O)[O-])cc1)c1cccc2ccccc12.Cl. The molecule has 2 N–H and O–H groups in total. The highest BCUT2D eigenvalue weighted by atomic mass is 35.5. The van der Waals surface area contributed by atoms with Crippen LogP contribution in [0, 0.1) is 10.1 Å². The van der Waals surface area contributed by atoms with Crippen molar-refractivity contribution < 1.29 is 13.3 Å². The maximum absolute atomic E-state index is 12.9. The minimum Gasteiger partial charge on any atom is -0.306 e. The standard InChI is InChI=1S/C24H27N3O4S.ClH/c1-17(21-10-6-8-18-7-2-3-9-22(18)21)25-23-11-4-5-12-24(23)26-32(30,31)20-15-13-19(14-16-20)27(28)29;/h2-3,6-10,13-17,23-26H,4-5,11-12H2,1H3;1H/t17?,23-,24?;/m0./s1. The highest BCUT2D eigenvalue weighted by Gasteiger charge is 2.31. The van der Waals surface area contributed by atoms with Gasteiger partial charge in [-0.1, -0.05) is 55.3 Å². The molecule has 0 radical (unpaired) electrons. The number of nitro groups is 1. The second kappa shape index (κ2) is 10.6. The van der Waals surface area contributed by atoms with Crippen LogP contribution in [0.3, 0.4) is 0 Å². The smallest absolute Gasteiger partial charge is 0.269 e. The molecule has 0 bridgehead atoms. The van der Waals surface area contributed by atoms with Crippen LogP contribution >= 0.6 is 12.4 Å². The molecule has 4 rings (SSSR count). The van der Waals surface area contributed by atoms with Crippen molar-refractivity contribution >= 4 is 38.9 Å². The molecule has 2 unspecified atom stereocenters. The Morgan fingerprint density at radius 1 is 0.939 bits per heavy atom. The number of sulfonamides is 1. The van der Waals surface area contributed by atoms with Crippen molar-refractivity contribution in [1.82, 2.24) is 10.0 Å². The summed E-state index contributed by atoms with van der Waals surface area (Å²) in [6.45, 7) is 2.11. The van der Waals surface area contributed by atoms with Gasteiger partial charge < -0.3 is 5.32 Å². The van der Waals surface area contributed by atoms with Gasteiger partial charge in [0.25, 0.3) is 5.69 Å².